The molecule has 0 fully saturated rings. The van der Waals surface area contributed by atoms with Crippen molar-refractivity contribution >= 4 is 39.6 Å². The number of rotatable bonds is 6. The van der Waals surface area contributed by atoms with Crippen molar-refractivity contribution < 1.29 is 19.4 Å². The van der Waals surface area contributed by atoms with E-state index in [1.165, 1.54) is 4.90 Å². The van der Waals surface area contributed by atoms with Crippen LogP contribution in [0.4, 0.5) is 4.79 Å². The molecule has 2 aromatic rings. The van der Waals surface area contributed by atoms with Gasteiger partial charge in [-0.1, -0.05) is 48.0 Å². The average molecular weight is 427 g/mol. The van der Waals surface area contributed by atoms with Crippen molar-refractivity contribution in [2.45, 2.75) is 19.6 Å². The average Bonchev–Trinajstić information content (AvgIpc) is 2.60. The van der Waals surface area contributed by atoms with E-state index in [1.807, 2.05) is 30.3 Å². The lowest BCUT2D eigenvalue weighted by Gasteiger charge is -2.27. The Kier molecular flexibility index (Phi) is 6.84. The van der Waals surface area contributed by atoms with E-state index in [0.717, 1.165) is 5.56 Å². The van der Waals surface area contributed by atoms with Crippen molar-refractivity contribution in [1.82, 2.24) is 4.90 Å². The van der Waals surface area contributed by atoms with Crippen LogP contribution in [0.15, 0.2) is 53.0 Å². The molecule has 132 valence electrons. The monoisotopic (exact) mass is 425 g/mol. The lowest BCUT2D eigenvalue weighted by Crippen LogP contribution is -2.39. The van der Waals surface area contributed by atoms with Gasteiger partial charge in [-0.15, -0.1) is 0 Å². The van der Waals surface area contributed by atoms with E-state index in [2.05, 4.69) is 15.9 Å². The van der Waals surface area contributed by atoms with E-state index in [0.29, 0.717) is 15.1 Å². The summed E-state index contributed by atoms with van der Waals surface area (Å²) in [6.07, 6.45) is -0.690. The molecule has 0 heterocycles. The van der Waals surface area contributed by atoms with Crippen LogP contribution >= 0.6 is 27.5 Å². The first-order valence-electron chi connectivity index (χ1n) is 7.59. The largest absolute Gasteiger partial charge is 0.479 e. The first kappa shape index (κ1) is 19.3. The predicted molar refractivity (Wildman–Crippen MR) is 98.5 cm³/mol. The molecule has 0 aromatic heterocycles. The Balaban J connectivity index is 2.20. The Morgan fingerprint density at radius 2 is 1.92 bits per heavy atom. The Hall–Kier alpha value is -2.05. The number of ether oxygens (including phenoxy) is 1. The van der Waals surface area contributed by atoms with Gasteiger partial charge >= 0.3 is 12.1 Å². The highest BCUT2D eigenvalue weighted by molar-refractivity contribution is 9.10. The zero-order valence-electron chi connectivity index (χ0n) is 13.5. The summed E-state index contributed by atoms with van der Waals surface area (Å²) in [5.74, 6) is -1.15. The minimum absolute atomic E-state index is 0.0762. The third kappa shape index (κ3) is 4.96. The minimum Gasteiger partial charge on any atom is -0.479 e. The van der Waals surface area contributed by atoms with Crippen molar-refractivity contribution in [3.05, 3.63) is 69.2 Å². The van der Waals surface area contributed by atoms with Gasteiger partial charge in [-0.25, -0.2) is 9.59 Å². The number of halogens is 2. The predicted octanol–water partition coefficient (Wildman–Crippen LogP) is 4.89. The number of amides is 1. The standard InChI is InChI=1S/C18H17BrClNO4/c1-2-21(18(24)25-11-12-6-4-3-5-7-12)16(17(22)23)13-8-9-15(20)14(19)10-13/h3-10,16H,2,11H2,1H3,(H,22,23). The fourth-order valence-corrected chi connectivity index (χ4v) is 2.87. The number of carboxylic acids is 1. The summed E-state index contributed by atoms with van der Waals surface area (Å²) >= 11 is 9.23. The first-order valence-corrected chi connectivity index (χ1v) is 8.76. The van der Waals surface area contributed by atoms with Gasteiger partial charge in [0, 0.05) is 11.0 Å². The Morgan fingerprint density at radius 3 is 2.48 bits per heavy atom. The van der Waals surface area contributed by atoms with Crippen LogP contribution in [0.25, 0.3) is 0 Å². The second kappa shape index (κ2) is 8.87. The molecule has 1 unspecified atom stereocenters. The van der Waals surface area contributed by atoms with Gasteiger partial charge in [0.25, 0.3) is 0 Å². The fraction of sp³-hybridized carbons (Fsp3) is 0.222. The van der Waals surface area contributed by atoms with Crippen LogP contribution in [-0.4, -0.2) is 28.6 Å². The van der Waals surface area contributed by atoms with E-state index >= 15 is 0 Å². The molecule has 0 saturated carbocycles. The summed E-state index contributed by atoms with van der Waals surface area (Å²) in [5, 5.41) is 10.1. The van der Waals surface area contributed by atoms with Crippen LogP contribution in [0.2, 0.25) is 5.02 Å². The van der Waals surface area contributed by atoms with Gasteiger partial charge < -0.3 is 9.84 Å². The van der Waals surface area contributed by atoms with E-state index in [1.54, 1.807) is 25.1 Å². The summed E-state index contributed by atoms with van der Waals surface area (Å²) in [7, 11) is 0. The maximum Gasteiger partial charge on any atom is 0.411 e. The normalized spacial score (nSPS) is 11.6. The maximum atomic E-state index is 12.4. The highest BCUT2D eigenvalue weighted by Crippen LogP contribution is 2.29. The highest BCUT2D eigenvalue weighted by atomic mass is 79.9. The number of hydrogen-bond acceptors (Lipinski definition) is 3. The second-order valence-corrected chi connectivity index (χ2v) is 6.50. The maximum absolute atomic E-state index is 12.4. The molecule has 2 rings (SSSR count). The Labute approximate surface area is 159 Å². The number of carbonyl (C=O) groups is 2. The summed E-state index contributed by atoms with van der Waals surface area (Å²) < 4.78 is 5.84. The topological polar surface area (TPSA) is 66.8 Å². The van der Waals surface area contributed by atoms with E-state index in [9.17, 15) is 14.7 Å². The zero-order chi connectivity index (χ0) is 18.4. The van der Waals surface area contributed by atoms with Crippen LogP contribution in [0.1, 0.15) is 24.1 Å². The summed E-state index contributed by atoms with van der Waals surface area (Å²) in [6, 6.07) is 12.8. The molecule has 0 radical (unpaired) electrons. The van der Waals surface area contributed by atoms with Gasteiger partial charge in [0.05, 0.1) is 5.02 Å². The molecule has 0 bridgehead atoms. The lowest BCUT2D eigenvalue weighted by atomic mass is 10.1. The SMILES string of the molecule is CCN(C(=O)OCc1ccccc1)C(C(=O)O)c1ccc(Cl)c(Br)c1. The van der Waals surface area contributed by atoms with Gasteiger partial charge in [-0.2, -0.15) is 0 Å². The zero-order valence-corrected chi connectivity index (χ0v) is 15.8. The molecule has 0 aliphatic rings. The van der Waals surface area contributed by atoms with Gasteiger partial charge in [-0.05, 0) is 46.1 Å². The van der Waals surface area contributed by atoms with Crippen molar-refractivity contribution in [1.29, 1.82) is 0 Å². The number of likely N-dealkylation sites (N-methyl/N-ethyl adjacent to an activating group) is 1. The molecule has 0 aliphatic carbocycles. The van der Waals surface area contributed by atoms with Crippen LogP contribution in [-0.2, 0) is 16.1 Å². The number of aliphatic carboxylic acids is 1. The van der Waals surface area contributed by atoms with E-state index < -0.39 is 18.1 Å². The molecular formula is C18H17BrClNO4. The van der Waals surface area contributed by atoms with Gasteiger partial charge in [0.2, 0.25) is 0 Å². The molecule has 7 heteroatoms. The fourth-order valence-electron chi connectivity index (χ4n) is 2.36. The smallest absolute Gasteiger partial charge is 0.411 e. The van der Waals surface area contributed by atoms with Crippen LogP contribution in [0.3, 0.4) is 0 Å². The van der Waals surface area contributed by atoms with Crippen molar-refractivity contribution in [2.75, 3.05) is 6.54 Å². The molecule has 5 nitrogen and oxygen atoms in total. The molecule has 25 heavy (non-hydrogen) atoms. The molecule has 1 atom stereocenters. The van der Waals surface area contributed by atoms with Crippen molar-refractivity contribution in [3.63, 3.8) is 0 Å². The number of nitrogens with zero attached hydrogens (tertiary/aromatic N) is 1. The number of carbonyl (C=O) groups excluding carboxylic acids is 1. The highest BCUT2D eigenvalue weighted by Gasteiger charge is 2.31. The van der Waals surface area contributed by atoms with Crippen molar-refractivity contribution in [3.8, 4) is 0 Å². The Morgan fingerprint density at radius 1 is 1.24 bits per heavy atom. The molecule has 0 aliphatic heterocycles. The third-order valence-corrected chi connectivity index (χ3v) is 4.80. The Bertz CT molecular complexity index is 754. The van der Waals surface area contributed by atoms with Crippen LogP contribution in [0, 0.1) is 0 Å². The molecule has 2 aromatic carbocycles. The number of carboxylic acid groups (broad SMARTS) is 1. The van der Waals surface area contributed by atoms with E-state index in [-0.39, 0.29) is 13.2 Å². The van der Waals surface area contributed by atoms with Crippen LogP contribution < -0.4 is 0 Å². The quantitative estimate of drug-likeness (QED) is 0.714. The van der Waals surface area contributed by atoms with E-state index in [4.69, 9.17) is 16.3 Å². The molecule has 1 amide bonds. The molecular weight excluding hydrogens is 410 g/mol. The van der Waals surface area contributed by atoms with Crippen molar-refractivity contribution in [2.24, 2.45) is 0 Å². The second-order valence-electron chi connectivity index (χ2n) is 5.24. The molecule has 0 saturated heterocycles. The summed E-state index contributed by atoms with van der Waals surface area (Å²) in [4.78, 5) is 25.4. The summed E-state index contributed by atoms with van der Waals surface area (Å²) in [6.45, 7) is 1.96. The lowest BCUT2D eigenvalue weighted by molar-refractivity contribution is -0.143. The summed E-state index contributed by atoms with van der Waals surface area (Å²) in [5.41, 5.74) is 1.26. The van der Waals surface area contributed by atoms with Crippen LogP contribution in [0.5, 0.6) is 0 Å². The molecule has 1 N–H and O–H groups in total. The third-order valence-electron chi connectivity index (χ3n) is 3.59. The molecule has 0 spiro atoms. The van der Waals surface area contributed by atoms with Gasteiger partial charge in [0.15, 0.2) is 6.04 Å². The van der Waals surface area contributed by atoms with Gasteiger partial charge in [0.1, 0.15) is 6.61 Å². The van der Waals surface area contributed by atoms with Gasteiger partial charge in [-0.3, -0.25) is 4.90 Å². The number of hydrogen-bond donors (Lipinski definition) is 1. The number of benzene rings is 2. The first-order chi connectivity index (χ1) is 11.9. The minimum atomic E-state index is -1.16.